The summed E-state index contributed by atoms with van der Waals surface area (Å²) in [7, 11) is 0. The molecule has 0 aliphatic carbocycles. The van der Waals surface area contributed by atoms with Crippen LogP contribution >= 0.6 is 0 Å². The van der Waals surface area contributed by atoms with Crippen molar-refractivity contribution in [1.29, 1.82) is 0 Å². The summed E-state index contributed by atoms with van der Waals surface area (Å²) in [6, 6.07) is 17.8. The molecule has 27 heavy (non-hydrogen) atoms. The molecule has 142 valence electrons. The number of hydrogen-bond acceptors (Lipinski definition) is 4. The topological polar surface area (TPSA) is 88.7 Å². The first-order valence-corrected chi connectivity index (χ1v) is 8.76. The fraction of sp³-hybridized carbons (Fsp3) is 0.263. The van der Waals surface area contributed by atoms with Gasteiger partial charge < -0.3 is 10.6 Å². The van der Waals surface area contributed by atoms with Gasteiger partial charge in [-0.1, -0.05) is 36.4 Å². The van der Waals surface area contributed by atoms with Gasteiger partial charge in [-0.25, -0.2) is 9.59 Å². The quantitative estimate of drug-likeness (QED) is 0.668. The average molecular weight is 368 g/mol. The van der Waals surface area contributed by atoms with E-state index < -0.39 is 5.66 Å². The number of para-hydroxylation sites is 2. The van der Waals surface area contributed by atoms with Crippen LogP contribution in [0.2, 0.25) is 0 Å². The normalized spacial score (nSPS) is 16.5. The highest BCUT2D eigenvalue weighted by molar-refractivity contribution is 5.89. The molecule has 1 fully saturated rings. The van der Waals surface area contributed by atoms with Crippen LogP contribution in [0.3, 0.4) is 0 Å². The summed E-state index contributed by atoms with van der Waals surface area (Å²) in [5.41, 5.74) is 6.51. The second-order valence-corrected chi connectivity index (χ2v) is 6.66. The Morgan fingerprint density at radius 1 is 0.741 bits per heavy atom. The van der Waals surface area contributed by atoms with E-state index in [9.17, 15) is 9.59 Å². The van der Waals surface area contributed by atoms with Gasteiger partial charge in [-0.2, -0.15) is 10.0 Å². The Hall–Kier alpha value is -3.10. The molecule has 0 bridgehead atoms. The number of carbonyl (C=O) groups is 2. The third-order valence-electron chi connectivity index (χ3n) is 4.40. The van der Waals surface area contributed by atoms with Gasteiger partial charge in [0.1, 0.15) is 5.66 Å². The van der Waals surface area contributed by atoms with E-state index in [1.165, 1.54) is 0 Å². The lowest BCUT2D eigenvalue weighted by Crippen LogP contribution is -2.60. The molecule has 8 heteroatoms. The molecule has 2 aromatic rings. The van der Waals surface area contributed by atoms with Crippen molar-refractivity contribution in [3.63, 3.8) is 0 Å². The first kappa shape index (κ1) is 18.7. The number of amides is 4. The van der Waals surface area contributed by atoms with Crippen LogP contribution in [0.25, 0.3) is 0 Å². The van der Waals surface area contributed by atoms with Crippen molar-refractivity contribution in [2.75, 3.05) is 23.7 Å². The van der Waals surface area contributed by atoms with E-state index in [0.717, 1.165) is 0 Å². The molecular weight excluding hydrogens is 344 g/mol. The molecule has 1 saturated heterocycles. The largest absolute Gasteiger partial charge is 0.333 e. The van der Waals surface area contributed by atoms with E-state index >= 15 is 0 Å². The second-order valence-electron chi connectivity index (χ2n) is 6.66. The van der Waals surface area contributed by atoms with Gasteiger partial charge in [-0.15, -0.1) is 0 Å². The number of hydrazine groups is 2. The monoisotopic (exact) mass is 368 g/mol. The number of nitrogens with one attached hydrogen (secondary N) is 4. The molecule has 0 aromatic heterocycles. The van der Waals surface area contributed by atoms with Gasteiger partial charge in [-0.3, -0.25) is 10.9 Å². The van der Waals surface area contributed by atoms with Crippen LogP contribution in [-0.2, 0) is 0 Å². The molecule has 1 heterocycles. The van der Waals surface area contributed by atoms with Crippen LogP contribution in [0.15, 0.2) is 60.7 Å². The Morgan fingerprint density at radius 2 is 1.11 bits per heavy atom. The Labute approximate surface area is 158 Å². The summed E-state index contributed by atoms with van der Waals surface area (Å²) in [6.07, 6.45) is 0. The van der Waals surface area contributed by atoms with Crippen molar-refractivity contribution in [3.05, 3.63) is 60.7 Å². The molecular formula is C19H24N6O2. The molecule has 0 atom stereocenters. The summed E-state index contributed by atoms with van der Waals surface area (Å²) in [6.45, 7) is 4.98. The third kappa shape index (κ3) is 4.75. The van der Waals surface area contributed by atoms with Crippen LogP contribution in [0.5, 0.6) is 0 Å². The maximum atomic E-state index is 12.2. The molecule has 0 saturated carbocycles. The lowest BCUT2D eigenvalue weighted by Gasteiger charge is -2.37. The number of nitrogens with zero attached hydrogens (tertiary/aromatic N) is 2. The SMILES string of the molecule is CC1(C)N(NC(=O)Nc2ccccc2)CCN1NC(=O)Nc1ccccc1. The zero-order valence-electron chi connectivity index (χ0n) is 15.4. The van der Waals surface area contributed by atoms with E-state index in [0.29, 0.717) is 24.5 Å². The van der Waals surface area contributed by atoms with Gasteiger partial charge in [0.05, 0.1) is 0 Å². The smallest absolute Gasteiger partial charge is 0.307 e. The van der Waals surface area contributed by atoms with Crippen molar-refractivity contribution in [2.24, 2.45) is 0 Å². The highest BCUT2D eigenvalue weighted by Gasteiger charge is 2.41. The zero-order valence-corrected chi connectivity index (χ0v) is 15.4. The first-order valence-electron chi connectivity index (χ1n) is 8.76. The zero-order chi connectivity index (χ0) is 19.3. The summed E-state index contributed by atoms with van der Waals surface area (Å²) in [5, 5.41) is 9.14. The number of carbonyl (C=O) groups excluding carboxylic acids is 2. The van der Waals surface area contributed by atoms with E-state index in [1.54, 1.807) is 10.0 Å². The van der Waals surface area contributed by atoms with Crippen LogP contribution < -0.4 is 21.5 Å². The fourth-order valence-electron chi connectivity index (χ4n) is 2.88. The molecule has 0 unspecified atom stereocenters. The van der Waals surface area contributed by atoms with Gasteiger partial charge in [0.15, 0.2) is 0 Å². The molecule has 8 nitrogen and oxygen atoms in total. The summed E-state index contributed by atoms with van der Waals surface area (Å²) >= 11 is 0. The molecule has 0 spiro atoms. The van der Waals surface area contributed by atoms with Crippen molar-refractivity contribution >= 4 is 23.4 Å². The molecule has 1 aliphatic heterocycles. The Morgan fingerprint density at radius 3 is 1.48 bits per heavy atom. The van der Waals surface area contributed by atoms with Gasteiger partial charge >= 0.3 is 12.1 Å². The summed E-state index contributed by atoms with van der Waals surface area (Å²) in [4.78, 5) is 24.5. The maximum Gasteiger partial charge on any atom is 0.333 e. The highest BCUT2D eigenvalue weighted by Crippen LogP contribution is 2.22. The van der Waals surface area contributed by atoms with Crippen LogP contribution in [0, 0.1) is 0 Å². The second kappa shape index (κ2) is 8.07. The van der Waals surface area contributed by atoms with Gasteiger partial charge in [0.2, 0.25) is 0 Å². The van der Waals surface area contributed by atoms with E-state index in [-0.39, 0.29) is 12.1 Å². The fourth-order valence-corrected chi connectivity index (χ4v) is 2.88. The molecule has 3 rings (SSSR count). The maximum absolute atomic E-state index is 12.2. The summed E-state index contributed by atoms with van der Waals surface area (Å²) < 4.78 is 0. The summed E-state index contributed by atoms with van der Waals surface area (Å²) in [5.74, 6) is 0. The lowest BCUT2D eigenvalue weighted by atomic mass is 10.2. The number of benzene rings is 2. The van der Waals surface area contributed by atoms with Crippen molar-refractivity contribution in [3.8, 4) is 0 Å². The first-order chi connectivity index (χ1) is 12.9. The van der Waals surface area contributed by atoms with Gasteiger partial charge in [0, 0.05) is 24.5 Å². The van der Waals surface area contributed by atoms with Gasteiger partial charge in [0.25, 0.3) is 0 Å². The predicted molar refractivity (Wildman–Crippen MR) is 105 cm³/mol. The standard InChI is InChI=1S/C19H24N6O2/c1-19(2)24(22-17(26)20-15-9-5-3-6-10-15)13-14-25(19)23-18(27)21-16-11-7-4-8-12-16/h3-12H,13-14H2,1-2H3,(H2,20,22,26)(H2,21,23,27). The number of anilines is 2. The van der Waals surface area contributed by atoms with Crippen LogP contribution in [-0.4, -0.2) is 40.8 Å². The number of rotatable bonds is 4. The average Bonchev–Trinajstić information content (AvgIpc) is 2.91. The molecule has 4 amide bonds. The minimum Gasteiger partial charge on any atom is -0.307 e. The lowest BCUT2D eigenvalue weighted by molar-refractivity contribution is 0.00301. The molecule has 2 aromatic carbocycles. The number of urea groups is 2. The van der Waals surface area contributed by atoms with E-state index in [1.807, 2.05) is 74.5 Å². The predicted octanol–water partition coefficient (Wildman–Crippen LogP) is 2.81. The molecule has 0 radical (unpaired) electrons. The third-order valence-corrected chi connectivity index (χ3v) is 4.40. The Bertz CT molecular complexity index is 716. The Kier molecular flexibility index (Phi) is 5.58. The van der Waals surface area contributed by atoms with E-state index in [4.69, 9.17) is 0 Å². The van der Waals surface area contributed by atoms with Crippen molar-refractivity contribution < 1.29 is 9.59 Å². The Balaban J connectivity index is 1.54. The van der Waals surface area contributed by atoms with Gasteiger partial charge in [-0.05, 0) is 38.1 Å². The van der Waals surface area contributed by atoms with Crippen molar-refractivity contribution in [2.45, 2.75) is 19.5 Å². The van der Waals surface area contributed by atoms with Crippen LogP contribution in [0.1, 0.15) is 13.8 Å². The molecule has 4 N–H and O–H groups in total. The van der Waals surface area contributed by atoms with Crippen LogP contribution in [0.4, 0.5) is 21.0 Å². The minimum absolute atomic E-state index is 0.329. The van der Waals surface area contributed by atoms with E-state index in [2.05, 4.69) is 21.5 Å². The highest BCUT2D eigenvalue weighted by atomic mass is 16.2. The van der Waals surface area contributed by atoms with Crippen molar-refractivity contribution in [1.82, 2.24) is 20.9 Å². The minimum atomic E-state index is -0.595. The molecule has 1 aliphatic rings. The number of hydrogen-bond donors (Lipinski definition) is 4.